The van der Waals surface area contributed by atoms with Crippen molar-refractivity contribution in [2.75, 3.05) is 37.6 Å². The van der Waals surface area contributed by atoms with E-state index in [0.29, 0.717) is 12.5 Å². The van der Waals surface area contributed by atoms with Gasteiger partial charge in [-0.2, -0.15) is 0 Å². The number of benzene rings is 2. The van der Waals surface area contributed by atoms with Gasteiger partial charge in [-0.05, 0) is 49.7 Å². The van der Waals surface area contributed by atoms with E-state index in [-0.39, 0.29) is 5.82 Å². The first-order valence-corrected chi connectivity index (χ1v) is 10.1. The second kappa shape index (κ2) is 8.51. The van der Waals surface area contributed by atoms with E-state index in [4.69, 9.17) is 5.73 Å². The third kappa shape index (κ3) is 4.34. The van der Waals surface area contributed by atoms with Gasteiger partial charge in [0.1, 0.15) is 11.6 Å². The van der Waals surface area contributed by atoms with Gasteiger partial charge in [0, 0.05) is 45.0 Å². The van der Waals surface area contributed by atoms with Crippen molar-refractivity contribution in [1.82, 2.24) is 14.5 Å². The van der Waals surface area contributed by atoms with Gasteiger partial charge in [0.2, 0.25) is 0 Å². The van der Waals surface area contributed by atoms with Crippen molar-refractivity contribution in [3.8, 4) is 0 Å². The average molecular weight is 394 g/mol. The molecule has 1 fully saturated rings. The normalized spacial score (nSPS) is 15.3. The molecule has 29 heavy (non-hydrogen) atoms. The topological polar surface area (TPSA) is 62.7 Å². The minimum Gasteiger partial charge on any atom is -0.370 e. The Labute approximate surface area is 170 Å². The van der Waals surface area contributed by atoms with E-state index < -0.39 is 0 Å². The van der Waals surface area contributed by atoms with Gasteiger partial charge in [-0.15, -0.1) is 0 Å². The minimum atomic E-state index is -0.206. The molecule has 1 aliphatic rings. The van der Waals surface area contributed by atoms with Crippen LogP contribution in [0.2, 0.25) is 0 Å². The zero-order valence-electron chi connectivity index (χ0n) is 16.8. The molecule has 2 heterocycles. The summed E-state index contributed by atoms with van der Waals surface area (Å²) in [6.45, 7) is 6.94. The Bertz CT molecular complexity index is 986. The number of piperazine rings is 1. The Balaban J connectivity index is 1.27. The number of hydrogen-bond acceptors (Lipinski definition) is 3. The van der Waals surface area contributed by atoms with E-state index in [2.05, 4.69) is 30.4 Å². The number of para-hydroxylation sites is 2. The van der Waals surface area contributed by atoms with Crippen molar-refractivity contribution >= 4 is 22.7 Å². The summed E-state index contributed by atoms with van der Waals surface area (Å²) >= 11 is 0. The summed E-state index contributed by atoms with van der Waals surface area (Å²) in [5.41, 5.74) is 9.47. The molecule has 0 atom stereocenters. The predicted octanol–water partition coefficient (Wildman–Crippen LogP) is 3.01. The lowest BCUT2D eigenvalue weighted by Gasteiger charge is -2.36. The van der Waals surface area contributed by atoms with Crippen LogP contribution in [0, 0.1) is 12.7 Å². The van der Waals surface area contributed by atoms with Gasteiger partial charge < -0.3 is 20.1 Å². The van der Waals surface area contributed by atoms with Crippen molar-refractivity contribution in [1.29, 1.82) is 0 Å². The standard InChI is InChI=1S/C22H27FN6/c1-17-26-20-5-2-3-6-21(20)29(17)12-4-11-25-22(24)28-15-13-27(14-16-28)19-9-7-18(23)8-10-19/h2-3,5-10H,4,11-16H2,1H3,(H2,24,25). The summed E-state index contributed by atoms with van der Waals surface area (Å²) in [4.78, 5) is 13.6. The van der Waals surface area contributed by atoms with E-state index >= 15 is 0 Å². The van der Waals surface area contributed by atoms with Gasteiger partial charge in [-0.3, -0.25) is 4.99 Å². The number of fused-ring (bicyclic) bond motifs is 1. The fraction of sp³-hybridized carbons (Fsp3) is 0.364. The van der Waals surface area contributed by atoms with Crippen LogP contribution in [0.4, 0.5) is 10.1 Å². The van der Waals surface area contributed by atoms with Crippen molar-refractivity contribution in [3.05, 3.63) is 60.2 Å². The van der Waals surface area contributed by atoms with Gasteiger partial charge in [0.05, 0.1) is 11.0 Å². The van der Waals surface area contributed by atoms with Crippen molar-refractivity contribution < 1.29 is 4.39 Å². The van der Waals surface area contributed by atoms with Crippen LogP contribution >= 0.6 is 0 Å². The summed E-state index contributed by atoms with van der Waals surface area (Å²) < 4.78 is 15.3. The lowest BCUT2D eigenvalue weighted by atomic mass is 10.2. The number of aliphatic imine (C=N–C) groups is 1. The van der Waals surface area contributed by atoms with Crippen molar-refractivity contribution in [3.63, 3.8) is 0 Å². The average Bonchev–Trinajstić information content (AvgIpc) is 3.07. The van der Waals surface area contributed by atoms with E-state index in [9.17, 15) is 4.39 Å². The third-order valence-electron chi connectivity index (χ3n) is 5.45. The molecule has 2 aromatic carbocycles. The number of guanidine groups is 1. The molecule has 0 spiro atoms. The zero-order chi connectivity index (χ0) is 20.2. The highest BCUT2D eigenvalue weighted by molar-refractivity contribution is 5.78. The maximum atomic E-state index is 13.1. The first-order valence-electron chi connectivity index (χ1n) is 10.1. The zero-order valence-corrected chi connectivity index (χ0v) is 16.8. The molecule has 7 heteroatoms. The maximum Gasteiger partial charge on any atom is 0.191 e. The van der Waals surface area contributed by atoms with E-state index in [0.717, 1.165) is 56.2 Å². The molecule has 0 saturated carbocycles. The van der Waals surface area contributed by atoms with Gasteiger partial charge in [-0.1, -0.05) is 12.1 Å². The number of aromatic nitrogens is 2. The van der Waals surface area contributed by atoms with E-state index in [1.54, 1.807) is 0 Å². The number of nitrogens with zero attached hydrogens (tertiary/aromatic N) is 5. The molecule has 0 radical (unpaired) electrons. The number of anilines is 1. The summed E-state index contributed by atoms with van der Waals surface area (Å²) in [5, 5.41) is 0. The van der Waals surface area contributed by atoms with E-state index in [1.165, 1.54) is 17.6 Å². The number of halogens is 1. The van der Waals surface area contributed by atoms with Gasteiger partial charge in [-0.25, -0.2) is 9.37 Å². The molecule has 1 aromatic heterocycles. The molecule has 152 valence electrons. The van der Waals surface area contributed by atoms with Gasteiger partial charge in [0.15, 0.2) is 5.96 Å². The lowest BCUT2D eigenvalue weighted by molar-refractivity contribution is 0.380. The fourth-order valence-corrected chi connectivity index (χ4v) is 3.85. The molecule has 1 saturated heterocycles. The SMILES string of the molecule is Cc1nc2ccccc2n1CCCN=C(N)N1CCN(c2ccc(F)cc2)CC1. The summed E-state index contributed by atoms with van der Waals surface area (Å²) in [5.74, 6) is 1.43. The molecule has 1 aliphatic heterocycles. The molecular weight excluding hydrogens is 367 g/mol. The number of nitrogens with two attached hydrogens (primary N) is 1. The highest BCUT2D eigenvalue weighted by Gasteiger charge is 2.18. The van der Waals surface area contributed by atoms with Crippen LogP contribution in [0.3, 0.4) is 0 Å². The first kappa shape index (κ1) is 19.2. The molecule has 0 amide bonds. The molecular formula is C22H27FN6. The Morgan fingerprint density at radius 1 is 1.07 bits per heavy atom. The minimum absolute atomic E-state index is 0.206. The lowest BCUT2D eigenvalue weighted by Crippen LogP contribution is -2.51. The third-order valence-corrected chi connectivity index (χ3v) is 5.45. The van der Waals surface area contributed by atoms with Crippen LogP contribution < -0.4 is 10.6 Å². The highest BCUT2D eigenvalue weighted by atomic mass is 19.1. The Hall–Kier alpha value is -3.09. The number of aryl methyl sites for hydroxylation is 2. The smallest absolute Gasteiger partial charge is 0.191 e. The van der Waals surface area contributed by atoms with Crippen molar-refractivity contribution in [2.24, 2.45) is 10.7 Å². The Morgan fingerprint density at radius 3 is 2.55 bits per heavy atom. The monoisotopic (exact) mass is 394 g/mol. The van der Waals surface area contributed by atoms with Gasteiger partial charge >= 0.3 is 0 Å². The van der Waals surface area contributed by atoms with Crippen LogP contribution in [-0.2, 0) is 6.54 Å². The Morgan fingerprint density at radius 2 is 1.79 bits per heavy atom. The maximum absolute atomic E-state index is 13.1. The van der Waals surface area contributed by atoms with Crippen LogP contribution in [0.25, 0.3) is 11.0 Å². The number of rotatable bonds is 5. The molecule has 3 aromatic rings. The molecule has 0 bridgehead atoms. The molecule has 2 N–H and O–H groups in total. The molecule has 4 rings (SSSR count). The van der Waals surface area contributed by atoms with Crippen LogP contribution in [-0.4, -0.2) is 53.1 Å². The summed E-state index contributed by atoms with van der Waals surface area (Å²) in [6.07, 6.45) is 0.914. The first-order chi connectivity index (χ1) is 14.1. The molecule has 6 nitrogen and oxygen atoms in total. The quantitative estimate of drug-likeness (QED) is 0.411. The highest BCUT2D eigenvalue weighted by Crippen LogP contribution is 2.17. The van der Waals surface area contributed by atoms with Crippen LogP contribution in [0.5, 0.6) is 0 Å². The predicted molar refractivity (Wildman–Crippen MR) is 116 cm³/mol. The van der Waals surface area contributed by atoms with Crippen LogP contribution in [0.1, 0.15) is 12.2 Å². The summed E-state index contributed by atoms with van der Waals surface area (Å²) in [7, 11) is 0. The number of hydrogen-bond donors (Lipinski definition) is 1. The van der Waals surface area contributed by atoms with Crippen LogP contribution in [0.15, 0.2) is 53.5 Å². The van der Waals surface area contributed by atoms with E-state index in [1.807, 2.05) is 37.3 Å². The van der Waals surface area contributed by atoms with Gasteiger partial charge in [0.25, 0.3) is 0 Å². The number of imidazole rings is 1. The molecule has 0 unspecified atom stereocenters. The Kier molecular flexibility index (Phi) is 5.64. The summed E-state index contributed by atoms with van der Waals surface area (Å²) in [6, 6.07) is 14.9. The second-order valence-corrected chi connectivity index (χ2v) is 7.34. The van der Waals surface area contributed by atoms with Crippen molar-refractivity contribution in [2.45, 2.75) is 19.9 Å². The largest absolute Gasteiger partial charge is 0.370 e. The fourth-order valence-electron chi connectivity index (χ4n) is 3.85. The second-order valence-electron chi connectivity index (χ2n) is 7.34. The molecule has 0 aliphatic carbocycles.